The van der Waals surface area contributed by atoms with Crippen LogP contribution in [0.25, 0.3) is 10.9 Å². The van der Waals surface area contributed by atoms with Crippen LogP contribution in [0.2, 0.25) is 0 Å². The Bertz CT molecular complexity index is 496. The number of rotatable bonds is 3. The maximum Gasteiger partial charge on any atom is 0.125 e. The highest BCUT2D eigenvalue weighted by Gasteiger charge is 2.12. The number of halogens is 1. The molecular formula is C13H16FNO. The van der Waals surface area contributed by atoms with Crippen LogP contribution in [0.3, 0.4) is 0 Å². The van der Waals surface area contributed by atoms with Crippen LogP contribution in [-0.2, 0) is 6.54 Å². The topological polar surface area (TPSA) is 25.2 Å². The largest absolute Gasteiger partial charge is 0.390 e. The maximum atomic E-state index is 13.1. The van der Waals surface area contributed by atoms with E-state index in [2.05, 4.69) is 0 Å². The Kier molecular flexibility index (Phi) is 2.72. The molecule has 0 bridgehead atoms. The normalized spacial score (nSPS) is 12.2. The molecule has 0 spiro atoms. The standard InChI is InChI=1S/C13H16FNO/c1-13(2,16)6-8-15-7-5-10-3-4-11(14)9-12(10)15/h3-5,7,9,16H,6,8H2,1-2H3. The molecule has 0 radical (unpaired) electrons. The van der Waals surface area contributed by atoms with E-state index in [0.717, 1.165) is 10.9 Å². The van der Waals surface area contributed by atoms with Crippen LogP contribution >= 0.6 is 0 Å². The third-order valence-corrected chi connectivity index (χ3v) is 2.70. The lowest BCUT2D eigenvalue weighted by atomic mass is 10.1. The van der Waals surface area contributed by atoms with E-state index in [9.17, 15) is 9.50 Å². The summed E-state index contributed by atoms with van der Waals surface area (Å²) >= 11 is 0. The average Bonchev–Trinajstić information content (AvgIpc) is 2.56. The maximum absolute atomic E-state index is 13.1. The van der Waals surface area contributed by atoms with Crippen molar-refractivity contribution in [2.75, 3.05) is 0 Å². The van der Waals surface area contributed by atoms with Crippen molar-refractivity contribution in [3.05, 3.63) is 36.3 Å². The Morgan fingerprint density at radius 1 is 1.31 bits per heavy atom. The first-order valence-electron chi connectivity index (χ1n) is 5.42. The van der Waals surface area contributed by atoms with Crippen LogP contribution in [0.4, 0.5) is 4.39 Å². The van der Waals surface area contributed by atoms with E-state index in [1.165, 1.54) is 12.1 Å². The summed E-state index contributed by atoms with van der Waals surface area (Å²) in [5.74, 6) is -0.226. The molecular weight excluding hydrogens is 205 g/mol. The summed E-state index contributed by atoms with van der Waals surface area (Å²) in [7, 11) is 0. The lowest BCUT2D eigenvalue weighted by molar-refractivity contribution is 0.0666. The molecule has 1 heterocycles. The molecule has 0 saturated carbocycles. The van der Waals surface area contributed by atoms with Gasteiger partial charge in [0.1, 0.15) is 5.82 Å². The number of hydrogen-bond donors (Lipinski definition) is 1. The van der Waals surface area contributed by atoms with Gasteiger partial charge in [-0.3, -0.25) is 0 Å². The fourth-order valence-corrected chi connectivity index (χ4v) is 1.75. The predicted molar refractivity (Wildman–Crippen MR) is 62.8 cm³/mol. The summed E-state index contributed by atoms with van der Waals surface area (Å²) in [5, 5.41) is 10.7. The molecule has 0 fully saturated rings. The molecule has 0 amide bonds. The molecule has 2 rings (SSSR count). The van der Waals surface area contributed by atoms with Gasteiger partial charge < -0.3 is 9.67 Å². The fourth-order valence-electron chi connectivity index (χ4n) is 1.75. The molecule has 16 heavy (non-hydrogen) atoms. The van der Waals surface area contributed by atoms with Gasteiger partial charge in [-0.1, -0.05) is 0 Å². The lowest BCUT2D eigenvalue weighted by Crippen LogP contribution is -2.20. The van der Waals surface area contributed by atoms with Gasteiger partial charge in [-0.05, 0) is 49.9 Å². The zero-order chi connectivity index (χ0) is 11.8. The number of hydrogen-bond acceptors (Lipinski definition) is 1. The van der Waals surface area contributed by atoms with E-state index in [4.69, 9.17) is 0 Å². The molecule has 1 N–H and O–H groups in total. The number of aryl methyl sites for hydroxylation is 1. The van der Waals surface area contributed by atoms with Gasteiger partial charge in [0, 0.05) is 12.7 Å². The minimum atomic E-state index is -0.691. The number of benzene rings is 1. The molecule has 3 heteroatoms. The zero-order valence-electron chi connectivity index (χ0n) is 9.57. The predicted octanol–water partition coefficient (Wildman–Crippen LogP) is 2.94. The molecule has 0 saturated heterocycles. The van der Waals surface area contributed by atoms with Gasteiger partial charge in [-0.25, -0.2) is 4.39 Å². The zero-order valence-corrected chi connectivity index (χ0v) is 9.57. The minimum absolute atomic E-state index is 0.226. The van der Waals surface area contributed by atoms with E-state index in [1.807, 2.05) is 16.8 Å². The number of aromatic nitrogens is 1. The molecule has 2 aromatic rings. The summed E-state index contributed by atoms with van der Waals surface area (Å²) < 4.78 is 15.1. The van der Waals surface area contributed by atoms with Crippen LogP contribution in [0.5, 0.6) is 0 Å². The van der Waals surface area contributed by atoms with Crippen molar-refractivity contribution < 1.29 is 9.50 Å². The molecule has 0 atom stereocenters. The number of aliphatic hydroxyl groups is 1. The quantitative estimate of drug-likeness (QED) is 0.847. The van der Waals surface area contributed by atoms with Crippen molar-refractivity contribution in [1.29, 1.82) is 0 Å². The van der Waals surface area contributed by atoms with Gasteiger partial charge in [0.05, 0.1) is 11.1 Å². The van der Waals surface area contributed by atoms with Gasteiger partial charge >= 0.3 is 0 Å². The molecule has 0 aliphatic carbocycles. The van der Waals surface area contributed by atoms with Gasteiger partial charge in [0.2, 0.25) is 0 Å². The van der Waals surface area contributed by atoms with E-state index in [-0.39, 0.29) is 5.82 Å². The fraction of sp³-hybridized carbons (Fsp3) is 0.385. The summed E-state index contributed by atoms with van der Waals surface area (Å²) in [6.45, 7) is 4.25. The average molecular weight is 221 g/mol. The summed E-state index contributed by atoms with van der Waals surface area (Å²) in [6.07, 6.45) is 2.57. The minimum Gasteiger partial charge on any atom is -0.390 e. The van der Waals surface area contributed by atoms with E-state index in [1.54, 1.807) is 19.9 Å². The third-order valence-electron chi connectivity index (χ3n) is 2.70. The van der Waals surface area contributed by atoms with Crippen LogP contribution in [0.15, 0.2) is 30.5 Å². The van der Waals surface area contributed by atoms with Crippen LogP contribution in [0.1, 0.15) is 20.3 Å². The van der Waals surface area contributed by atoms with Crippen molar-refractivity contribution in [3.63, 3.8) is 0 Å². The highest BCUT2D eigenvalue weighted by molar-refractivity contribution is 5.80. The van der Waals surface area contributed by atoms with Gasteiger partial charge in [0.15, 0.2) is 0 Å². The highest BCUT2D eigenvalue weighted by atomic mass is 19.1. The van der Waals surface area contributed by atoms with Gasteiger partial charge in [-0.15, -0.1) is 0 Å². The first-order valence-corrected chi connectivity index (χ1v) is 5.42. The Morgan fingerprint density at radius 2 is 2.06 bits per heavy atom. The molecule has 0 aliphatic rings. The Morgan fingerprint density at radius 3 is 2.75 bits per heavy atom. The molecule has 2 nitrogen and oxygen atoms in total. The monoisotopic (exact) mass is 221 g/mol. The summed E-state index contributed by atoms with van der Waals surface area (Å²) in [4.78, 5) is 0. The van der Waals surface area contributed by atoms with Crippen LogP contribution in [0, 0.1) is 5.82 Å². The SMILES string of the molecule is CC(C)(O)CCn1ccc2ccc(F)cc21. The molecule has 86 valence electrons. The van der Waals surface area contributed by atoms with Crippen molar-refractivity contribution in [2.45, 2.75) is 32.4 Å². The van der Waals surface area contributed by atoms with E-state index in [0.29, 0.717) is 13.0 Å². The Hall–Kier alpha value is -1.35. The smallest absolute Gasteiger partial charge is 0.125 e. The first-order chi connectivity index (χ1) is 7.46. The Balaban J connectivity index is 2.28. The summed E-state index contributed by atoms with van der Waals surface area (Å²) in [6, 6.07) is 6.72. The van der Waals surface area contributed by atoms with Gasteiger partial charge in [-0.2, -0.15) is 0 Å². The second-order valence-corrected chi connectivity index (χ2v) is 4.77. The first kappa shape index (κ1) is 11.1. The molecule has 1 aromatic carbocycles. The van der Waals surface area contributed by atoms with Crippen molar-refractivity contribution in [3.8, 4) is 0 Å². The van der Waals surface area contributed by atoms with Crippen molar-refractivity contribution in [2.24, 2.45) is 0 Å². The van der Waals surface area contributed by atoms with Crippen molar-refractivity contribution in [1.82, 2.24) is 4.57 Å². The lowest BCUT2D eigenvalue weighted by Gasteiger charge is -2.17. The third kappa shape index (κ3) is 2.42. The number of fused-ring (bicyclic) bond motifs is 1. The van der Waals surface area contributed by atoms with Crippen molar-refractivity contribution >= 4 is 10.9 Å². The van der Waals surface area contributed by atoms with Gasteiger partial charge in [0.25, 0.3) is 0 Å². The number of nitrogens with zero attached hydrogens (tertiary/aromatic N) is 1. The van der Waals surface area contributed by atoms with E-state index < -0.39 is 5.60 Å². The van der Waals surface area contributed by atoms with Crippen LogP contribution < -0.4 is 0 Å². The molecule has 0 unspecified atom stereocenters. The Labute approximate surface area is 94.3 Å². The second-order valence-electron chi connectivity index (χ2n) is 4.77. The summed E-state index contributed by atoms with van der Waals surface area (Å²) in [5.41, 5.74) is 0.188. The van der Waals surface area contributed by atoms with Crippen LogP contribution in [-0.4, -0.2) is 15.3 Å². The highest BCUT2D eigenvalue weighted by Crippen LogP contribution is 2.19. The molecule has 1 aromatic heterocycles. The second kappa shape index (κ2) is 3.91. The van der Waals surface area contributed by atoms with E-state index >= 15 is 0 Å². The molecule has 0 aliphatic heterocycles.